The minimum atomic E-state index is -0.117. The van der Waals surface area contributed by atoms with Crippen LogP contribution in [0.15, 0.2) is 30.5 Å². The molecule has 0 aliphatic heterocycles. The molecule has 29 heavy (non-hydrogen) atoms. The number of hydrogen-bond acceptors (Lipinski definition) is 1. The average Bonchev–Trinajstić information content (AvgIpc) is 2.72. The van der Waals surface area contributed by atoms with Gasteiger partial charge >= 0.3 is 0 Å². The lowest BCUT2D eigenvalue weighted by molar-refractivity contribution is 0.126. The predicted octanol–water partition coefficient (Wildman–Crippen LogP) is 4.70. The van der Waals surface area contributed by atoms with E-state index in [2.05, 4.69) is 73.6 Å². The van der Waals surface area contributed by atoms with E-state index >= 15 is 0 Å². The highest BCUT2D eigenvalue weighted by molar-refractivity contribution is 6.48. The standard InChI is InChI=1S/C26H29B2N/c1-14-11-15(2)13-16(12-14)23-18-17(9-10-29-23)21(27)19-20(22(18)28)25(5,6)26(7,8)24(19,3)4/h9-13H,1-8H3. The largest absolute Gasteiger partial charge is 0.256 e. The first kappa shape index (κ1) is 20.3. The van der Waals surface area contributed by atoms with Crippen molar-refractivity contribution >= 4 is 37.4 Å². The van der Waals surface area contributed by atoms with Crippen LogP contribution in [0.4, 0.5) is 0 Å². The van der Waals surface area contributed by atoms with Crippen molar-refractivity contribution in [1.82, 2.24) is 4.98 Å². The molecule has 0 amide bonds. The molecular weight excluding hydrogens is 348 g/mol. The first-order valence-electron chi connectivity index (χ1n) is 10.4. The highest BCUT2D eigenvalue weighted by atomic mass is 14.7. The summed E-state index contributed by atoms with van der Waals surface area (Å²) in [5.41, 5.74) is 8.30. The van der Waals surface area contributed by atoms with E-state index in [4.69, 9.17) is 20.7 Å². The summed E-state index contributed by atoms with van der Waals surface area (Å²) in [6.45, 7) is 18.1. The van der Waals surface area contributed by atoms with Gasteiger partial charge in [-0.15, -0.1) is 0 Å². The third kappa shape index (κ3) is 2.46. The lowest BCUT2D eigenvalue weighted by Crippen LogP contribution is -2.43. The van der Waals surface area contributed by atoms with Gasteiger partial charge in [0.05, 0.1) is 5.69 Å². The van der Waals surface area contributed by atoms with Crippen molar-refractivity contribution in [3.8, 4) is 11.3 Å². The van der Waals surface area contributed by atoms with Crippen molar-refractivity contribution in [2.45, 2.75) is 66.2 Å². The molecule has 1 aliphatic rings. The summed E-state index contributed by atoms with van der Waals surface area (Å²) in [6, 6.07) is 8.55. The molecule has 0 saturated carbocycles. The fraction of sp³-hybridized carbons (Fsp3) is 0.423. The maximum Gasteiger partial charge on any atom is 0.115 e. The topological polar surface area (TPSA) is 12.9 Å². The van der Waals surface area contributed by atoms with Crippen LogP contribution in [-0.4, -0.2) is 20.7 Å². The quantitative estimate of drug-likeness (QED) is 0.561. The van der Waals surface area contributed by atoms with E-state index in [-0.39, 0.29) is 16.2 Å². The number of benzene rings is 2. The molecule has 2 aromatic carbocycles. The zero-order valence-electron chi connectivity index (χ0n) is 19.0. The van der Waals surface area contributed by atoms with Crippen molar-refractivity contribution < 1.29 is 0 Å². The summed E-state index contributed by atoms with van der Waals surface area (Å²) >= 11 is 0. The van der Waals surface area contributed by atoms with E-state index in [1.165, 1.54) is 22.3 Å². The van der Waals surface area contributed by atoms with Crippen molar-refractivity contribution in [1.29, 1.82) is 0 Å². The van der Waals surface area contributed by atoms with Crippen LogP contribution >= 0.6 is 0 Å². The first-order chi connectivity index (χ1) is 13.3. The second-order valence-corrected chi connectivity index (χ2v) is 10.4. The lowest BCUT2D eigenvalue weighted by atomic mass is 9.58. The molecule has 0 unspecified atom stereocenters. The Morgan fingerprint density at radius 2 is 1.28 bits per heavy atom. The summed E-state index contributed by atoms with van der Waals surface area (Å²) in [5.74, 6) is 0. The number of rotatable bonds is 1. The van der Waals surface area contributed by atoms with Crippen LogP contribution in [-0.2, 0) is 10.8 Å². The molecule has 0 fully saturated rings. The second kappa shape index (κ2) is 6.00. The van der Waals surface area contributed by atoms with E-state index in [1.54, 1.807) is 0 Å². The zero-order valence-corrected chi connectivity index (χ0v) is 19.0. The molecule has 0 bridgehead atoms. The van der Waals surface area contributed by atoms with Crippen LogP contribution in [0, 0.1) is 19.3 Å². The van der Waals surface area contributed by atoms with Gasteiger partial charge in [-0.2, -0.15) is 0 Å². The molecule has 0 spiro atoms. The summed E-state index contributed by atoms with van der Waals surface area (Å²) in [6.07, 6.45) is 1.86. The van der Waals surface area contributed by atoms with E-state index < -0.39 is 0 Å². The van der Waals surface area contributed by atoms with E-state index in [1.807, 2.05) is 12.3 Å². The van der Waals surface area contributed by atoms with E-state index in [9.17, 15) is 0 Å². The number of fused-ring (bicyclic) bond motifs is 2. The summed E-state index contributed by atoms with van der Waals surface area (Å²) in [4.78, 5) is 4.77. The van der Waals surface area contributed by atoms with E-state index in [0.717, 1.165) is 33.0 Å². The van der Waals surface area contributed by atoms with Crippen LogP contribution in [0.1, 0.15) is 63.8 Å². The second-order valence-electron chi connectivity index (χ2n) is 10.4. The number of nitrogens with zero attached hydrogens (tertiary/aromatic N) is 1. The van der Waals surface area contributed by atoms with E-state index in [0.29, 0.717) is 0 Å². The van der Waals surface area contributed by atoms with Crippen LogP contribution < -0.4 is 10.9 Å². The van der Waals surface area contributed by atoms with Gasteiger partial charge in [0.15, 0.2) is 0 Å². The minimum Gasteiger partial charge on any atom is -0.256 e. The Balaban J connectivity index is 2.19. The summed E-state index contributed by atoms with van der Waals surface area (Å²) in [5, 5.41) is 1.99. The highest BCUT2D eigenvalue weighted by Crippen LogP contribution is 2.60. The lowest BCUT2D eigenvalue weighted by Gasteiger charge is -2.45. The zero-order chi connectivity index (χ0) is 21.5. The van der Waals surface area contributed by atoms with Gasteiger partial charge in [0.1, 0.15) is 15.7 Å². The molecule has 1 heterocycles. The Morgan fingerprint density at radius 3 is 1.83 bits per heavy atom. The summed E-state index contributed by atoms with van der Waals surface area (Å²) in [7, 11) is 13.9. The van der Waals surface area contributed by atoms with Gasteiger partial charge in [-0.1, -0.05) is 69.7 Å². The monoisotopic (exact) mass is 377 g/mol. The Morgan fingerprint density at radius 1 is 0.759 bits per heavy atom. The van der Waals surface area contributed by atoms with Crippen LogP contribution in [0.2, 0.25) is 0 Å². The molecule has 4 radical (unpaired) electrons. The average molecular weight is 377 g/mol. The fourth-order valence-electron chi connectivity index (χ4n) is 5.52. The van der Waals surface area contributed by atoms with Crippen LogP contribution in [0.3, 0.4) is 0 Å². The third-order valence-corrected chi connectivity index (χ3v) is 8.17. The van der Waals surface area contributed by atoms with Gasteiger partial charge in [-0.3, -0.25) is 4.98 Å². The molecule has 1 aromatic heterocycles. The number of hydrogen-bond donors (Lipinski definition) is 0. The maximum atomic E-state index is 6.98. The molecule has 3 aromatic rings. The van der Waals surface area contributed by atoms with Crippen LogP contribution in [0.5, 0.6) is 0 Å². The molecule has 0 atom stereocenters. The normalized spacial score (nSPS) is 18.8. The number of pyridine rings is 1. The Bertz CT molecular complexity index is 1150. The Hall–Kier alpha value is -2.02. The Kier molecular flexibility index (Phi) is 4.19. The fourth-order valence-corrected chi connectivity index (χ4v) is 5.52. The molecular formula is C26H29B2N. The van der Waals surface area contributed by atoms with Gasteiger partial charge in [0.25, 0.3) is 0 Å². The number of aryl methyl sites for hydroxylation is 2. The number of aromatic nitrogens is 1. The highest BCUT2D eigenvalue weighted by Gasteiger charge is 2.57. The van der Waals surface area contributed by atoms with Crippen LogP contribution in [0.25, 0.3) is 22.0 Å². The molecule has 1 nitrogen and oxygen atoms in total. The predicted molar refractivity (Wildman–Crippen MR) is 127 cm³/mol. The van der Waals surface area contributed by atoms with Gasteiger partial charge in [-0.25, -0.2) is 0 Å². The van der Waals surface area contributed by atoms with Gasteiger partial charge in [0, 0.05) is 17.1 Å². The van der Waals surface area contributed by atoms with Gasteiger partial charge in [-0.05, 0) is 64.8 Å². The Labute approximate surface area is 178 Å². The first-order valence-corrected chi connectivity index (χ1v) is 10.4. The van der Waals surface area contributed by atoms with Crippen molar-refractivity contribution in [2.75, 3.05) is 0 Å². The molecule has 144 valence electrons. The molecule has 0 saturated heterocycles. The smallest absolute Gasteiger partial charge is 0.115 e. The molecule has 3 heteroatoms. The van der Waals surface area contributed by atoms with Crippen molar-refractivity contribution in [3.05, 3.63) is 52.7 Å². The summed E-state index contributed by atoms with van der Waals surface area (Å²) < 4.78 is 0. The van der Waals surface area contributed by atoms with Crippen molar-refractivity contribution in [3.63, 3.8) is 0 Å². The third-order valence-electron chi connectivity index (χ3n) is 8.17. The molecule has 0 N–H and O–H groups in total. The SMILES string of the molecule is [B]c1c2c(c([B])c3c(-c4cc(C)cc(C)c4)nccc13)C(C)(C)C(C)(C)C2(C)C. The van der Waals surface area contributed by atoms with Crippen molar-refractivity contribution in [2.24, 2.45) is 5.41 Å². The minimum absolute atomic E-state index is 0.00450. The maximum absolute atomic E-state index is 6.98. The molecule has 1 aliphatic carbocycles. The molecule has 4 rings (SSSR count). The van der Waals surface area contributed by atoms with Gasteiger partial charge < -0.3 is 0 Å². The van der Waals surface area contributed by atoms with Gasteiger partial charge in [0.2, 0.25) is 0 Å².